The minimum Gasteiger partial charge on any atom is -0.317 e. The summed E-state index contributed by atoms with van der Waals surface area (Å²) >= 11 is 0. The Morgan fingerprint density at radius 2 is 2.00 bits per heavy atom. The second-order valence-electron chi connectivity index (χ2n) is 5.26. The molecule has 100 valence electrons. The molecule has 0 bridgehead atoms. The molecule has 2 heterocycles. The van der Waals surface area contributed by atoms with Gasteiger partial charge in [0, 0.05) is 6.42 Å². The third kappa shape index (κ3) is 2.84. The molecule has 1 fully saturated rings. The van der Waals surface area contributed by atoms with E-state index in [9.17, 15) is 4.79 Å². The van der Waals surface area contributed by atoms with Gasteiger partial charge in [-0.15, -0.1) is 0 Å². The molecule has 1 aliphatic rings. The lowest BCUT2D eigenvalue weighted by Gasteiger charge is -2.22. The van der Waals surface area contributed by atoms with Crippen molar-refractivity contribution in [1.29, 1.82) is 0 Å². The Kier molecular flexibility index (Phi) is 3.60. The van der Waals surface area contributed by atoms with Crippen LogP contribution in [0.5, 0.6) is 0 Å². The number of rotatable bonds is 3. The lowest BCUT2D eigenvalue weighted by Crippen LogP contribution is -2.28. The van der Waals surface area contributed by atoms with Gasteiger partial charge in [0.15, 0.2) is 0 Å². The van der Waals surface area contributed by atoms with Gasteiger partial charge in [-0.3, -0.25) is 4.79 Å². The smallest absolute Gasteiger partial charge is 0.258 e. The van der Waals surface area contributed by atoms with Crippen molar-refractivity contribution in [3.63, 3.8) is 0 Å². The summed E-state index contributed by atoms with van der Waals surface area (Å²) < 4.78 is 0. The van der Waals surface area contributed by atoms with Gasteiger partial charge in [-0.2, -0.15) is 0 Å². The number of aromatic amines is 1. The van der Waals surface area contributed by atoms with E-state index in [2.05, 4.69) is 15.3 Å². The zero-order chi connectivity index (χ0) is 13.1. The van der Waals surface area contributed by atoms with Crippen LogP contribution in [0.1, 0.15) is 25.1 Å². The Balaban J connectivity index is 1.75. The quantitative estimate of drug-likeness (QED) is 0.882. The van der Waals surface area contributed by atoms with E-state index in [0.717, 1.165) is 43.2 Å². The summed E-state index contributed by atoms with van der Waals surface area (Å²) in [6.07, 6.45) is 4.45. The van der Waals surface area contributed by atoms with Crippen LogP contribution in [0.2, 0.25) is 0 Å². The zero-order valence-corrected chi connectivity index (χ0v) is 11.0. The van der Waals surface area contributed by atoms with Crippen LogP contribution in [0.3, 0.4) is 0 Å². The third-order valence-corrected chi connectivity index (χ3v) is 3.91. The molecule has 19 heavy (non-hydrogen) atoms. The highest BCUT2D eigenvalue weighted by molar-refractivity contribution is 5.77. The molecule has 0 unspecified atom stereocenters. The SMILES string of the molecule is O=c1[nH]c(CCC2CCNCC2)nc2ccccc12. The number of para-hydroxylation sites is 1. The maximum absolute atomic E-state index is 11.9. The molecule has 0 spiro atoms. The van der Waals surface area contributed by atoms with Gasteiger partial charge in [0.25, 0.3) is 5.56 Å². The maximum atomic E-state index is 11.9. The molecule has 1 aliphatic heterocycles. The number of aryl methyl sites for hydroxylation is 1. The minimum atomic E-state index is -0.0223. The van der Waals surface area contributed by atoms with Crippen LogP contribution in [-0.4, -0.2) is 23.1 Å². The molecule has 0 radical (unpaired) electrons. The molecule has 1 saturated heterocycles. The molecular weight excluding hydrogens is 238 g/mol. The molecule has 0 saturated carbocycles. The molecule has 3 rings (SSSR count). The van der Waals surface area contributed by atoms with Gasteiger partial charge in [-0.1, -0.05) is 12.1 Å². The minimum absolute atomic E-state index is 0.0223. The first-order chi connectivity index (χ1) is 9.33. The van der Waals surface area contributed by atoms with E-state index >= 15 is 0 Å². The topological polar surface area (TPSA) is 57.8 Å². The van der Waals surface area contributed by atoms with Crippen molar-refractivity contribution in [3.05, 3.63) is 40.4 Å². The summed E-state index contributed by atoms with van der Waals surface area (Å²) in [5.41, 5.74) is 0.775. The second-order valence-corrected chi connectivity index (χ2v) is 5.26. The van der Waals surface area contributed by atoms with Gasteiger partial charge in [0.2, 0.25) is 0 Å². The van der Waals surface area contributed by atoms with Crippen molar-refractivity contribution in [3.8, 4) is 0 Å². The molecule has 0 aliphatic carbocycles. The van der Waals surface area contributed by atoms with Crippen LogP contribution >= 0.6 is 0 Å². The second kappa shape index (κ2) is 5.53. The lowest BCUT2D eigenvalue weighted by molar-refractivity contribution is 0.352. The van der Waals surface area contributed by atoms with Crippen molar-refractivity contribution >= 4 is 10.9 Å². The molecular formula is C15H19N3O. The van der Waals surface area contributed by atoms with Crippen molar-refractivity contribution in [2.24, 2.45) is 5.92 Å². The van der Waals surface area contributed by atoms with E-state index in [1.807, 2.05) is 24.3 Å². The molecule has 0 atom stereocenters. The number of aromatic nitrogens is 2. The number of hydrogen-bond acceptors (Lipinski definition) is 3. The maximum Gasteiger partial charge on any atom is 0.258 e. The zero-order valence-electron chi connectivity index (χ0n) is 11.0. The standard InChI is InChI=1S/C15H19N3O/c19-15-12-3-1-2-4-13(12)17-14(18-15)6-5-11-7-9-16-10-8-11/h1-4,11,16H,5-10H2,(H,17,18,19). The van der Waals surface area contributed by atoms with Crippen LogP contribution in [-0.2, 0) is 6.42 Å². The van der Waals surface area contributed by atoms with Gasteiger partial charge in [0.1, 0.15) is 5.82 Å². The van der Waals surface area contributed by atoms with Gasteiger partial charge in [-0.05, 0) is 50.4 Å². The molecule has 4 heteroatoms. The monoisotopic (exact) mass is 257 g/mol. The van der Waals surface area contributed by atoms with E-state index in [1.54, 1.807) is 0 Å². The molecule has 1 aromatic carbocycles. The van der Waals surface area contributed by atoms with Gasteiger partial charge in [-0.25, -0.2) is 4.98 Å². The molecule has 2 N–H and O–H groups in total. The average molecular weight is 257 g/mol. The first-order valence-corrected chi connectivity index (χ1v) is 7.01. The van der Waals surface area contributed by atoms with E-state index in [4.69, 9.17) is 0 Å². The highest BCUT2D eigenvalue weighted by Crippen LogP contribution is 2.17. The van der Waals surface area contributed by atoms with Gasteiger partial charge >= 0.3 is 0 Å². The Hall–Kier alpha value is -1.68. The van der Waals surface area contributed by atoms with Crippen molar-refractivity contribution < 1.29 is 0 Å². The third-order valence-electron chi connectivity index (χ3n) is 3.91. The molecule has 2 aromatic rings. The lowest BCUT2D eigenvalue weighted by atomic mass is 9.93. The van der Waals surface area contributed by atoms with Crippen molar-refractivity contribution in [2.75, 3.05) is 13.1 Å². The fourth-order valence-electron chi connectivity index (χ4n) is 2.76. The van der Waals surface area contributed by atoms with Crippen molar-refractivity contribution in [2.45, 2.75) is 25.7 Å². The van der Waals surface area contributed by atoms with Crippen LogP contribution in [0.25, 0.3) is 10.9 Å². The summed E-state index contributed by atoms with van der Waals surface area (Å²) in [4.78, 5) is 19.4. The van der Waals surface area contributed by atoms with Crippen LogP contribution in [0.15, 0.2) is 29.1 Å². The molecule has 0 amide bonds. The number of hydrogen-bond donors (Lipinski definition) is 2. The Morgan fingerprint density at radius 1 is 1.21 bits per heavy atom. The van der Waals surface area contributed by atoms with Crippen LogP contribution in [0.4, 0.5) is 0 Å². The Bertz CT molecular complexity index is 614. The van der Waals surface area contributed by atoms with E-state index < -0.39 is 0 Å². The summed E-state index contributed by atoms with van der Waals surface area (Å²) in [7, 11) is 0. The van der Waals surface area contributed by atoms with Crippen LogP contribution in [0, 0.1) is 5.92 Å². The first kappa shape index (κ1) is 12.4. The number of nitrogens with zero attached hydrogens (tertiary/aromatic N) is 1. The average Bonchev–Trinajstić information content (AvgIpc) is 2.46. The fourth-order valence-corrected chi connectivity index (χ4v) is 2.76. The highest BCUT2D eigenvalue weighted by atomic mass is 16.1. The van der Waals surface area contributed by atoms with E-state index in [1.165, 1.54) is 12.8 Å². The van der Waals surface area contributed by atoms with Crippen molar-refractivity contribution in [1.82, 2.24) is 15.3 Å². The summed E-state index contributed by atoms with van der Waals surface area (Å²) in [5, 5.41) is 4.05. The molecule has 1 aromatic heterocycles. The number of benzene rings is 1. The Labute approximate surface area is 112 Å². The van der Waals surface area contributed by atoms with Gasteiger partial charge in [0.05, 0.1) is 10.9 Å². The largest absolute Gasteiger partial charge is 0.317 e. The summed E-state index contributed by atoms with van der Waals surface area (Å²) in [6.45, 7) is 2.23. The van der Waals surface area contributed by atoms with Gasteiger partial charge < -0.3 is 10.3 Å². The predicted molar refractivity (Wildman–Crippen MR) is 76.3 cm³/mol. The number of H-pyrrole nitrogens is 1. The fraction of sp³-hybridized carbons (Fsp3) is 0.467. The number of piperidine rings is 1. The normalized spacial score (nSPS) is 16.8. The summed E-state index contributed by atoms with van der Waals surface area (Å²) in [5.74, 6) is 1.58. The molecule has 4 nitrogen and oxygen atoms in total. The summed E-state index contributed by atoms with van der Waals surface area (Å²) in [6, 6.07) is 7.51. The van der Waals surface area contributed by atoms with E-state index in [0.29, 0.717) is 5.39 Å². The predicted octanol–water partition coefficient (Wildman–Crippen LogP) is 1.86. The number of fused-ring (bicyclic) bond motifs is 1. The van der Waals surface area contributed by atoms with Crippen LogP contribution < -0.4 is 10.9 Å². The Morgan fingerprint density at radius 3 is 2.84 bits per heavy atom. The first-order valence-electron chi connectivity index (χ1n) is 7.01. The van der Waals surface area contributed by atoms with E-state index in [-0.39, 0.29) is 5.56 Å². The number of nitrogens with one attached hydrogen (secondary N) is 2. The highest BCUT2D eigenvalue weighted by Gasteiger charge is 2.13.